The van der Waals surface area contributed by atoms with E-state index in [1.165, 1.54) is 0 Å². The molecule has 1 N–H and O–H groups in total. The Balaban J connectivity index is 1.74. The Morgan fingerprint density at radius 2 is 1.68 bits per heavy atom. The van der Waals surface area contributed by atoms with E-state index in [0.717, 1.165) is 16.9 Å². The number of benzene rings is 2. The van der Waals surface area contributed by atoms with E-state index in [1.807, 2.05) is 30.3 Å². The Bertz CT molecular complexity index is 848. The minimum atomic E-state index is 0.329. The number of anilines is 1. The van der Waals surface area contributed by atoms with Gasteiger partial charge in [-0.3, -0.25) is 0 Å². The molecule has 7 nitrogen and oxygen atoms in total. The van der Waals surface area contributed by atoms with Crippen molar-refractivity contribution in [3.63, 3.8) is 0 Å². The molecule has 25 heavy (non-hydrogen) atoms. The number of hydrogen-bond donors (Lipinski definition) is 1. The molecule has 0 amide bonds. The zero-order valence-corrected chi connectivity index (χ0v) is 14.3. The van der Waals surface area contributed by atoms with Crippen molar-refractivity contribution in [2.24, 2.45) is 0 Å². The van der Waals surface area contributed by atoms with Gasteiger partial charge >= 0.3 is 6.01 Å². The SMILES string of the molecule is COc1ccccc1CNc1nc(-c2ccc(OC)c(OC)c2)no1. The number of para-hydroxylation sites is 1. The molecule has 0 aliphatic rings. The van der Waals surface area contributed by atoms with E-state index in [9.17, 15) is 0 Å². The maximum Gasteiger partial charge on any atom is 0.322 e. The molecule has 1 heterocycles. The second-order valence-corrected chi connectivity index (χ2v) is 5.16. The molecule has 0 aliphatic carbocycles. The average molecular weight is 341 g/mol. The van der Waals surface area contributed by atoms with Gasteiger partial charge in [0.1, 0.15) is 5.75 Å². The smallest absolute Gasteiger partial charge is 0.322 e. The molecule has 0 saturated carbocycles. The fraction of sp³-hybridized carbons (Fsp3) is 0.222. The van der Waals surface area contributed by atoms with Crippen molar-refractivity contribution in [2.45, 2.75) is 6.54 Å². The van der Waals surface area contributed by atoms with Crippen LogP contribution in [0.25, 0.3) is 11.4 Å². The summed E-state index contributed by atoms with van der Waals surface area (Å²) in [6.07, 6.45) is 0. The number of rotatable bonds is 7. The molecule has 0 saturated heterocycles. The van der Waals surface area contributed by atoms with E-state index < -0.39 is 0 Å². The van der Waals surface area contributed by atoms with Crippen molar-refractivity contribution >= 4 is 6.01 Å². The molecule has 3 aromatic rings. The lowest BCUT2D eigenvalue weighted by Crippen LogP contribution is -2.01. The Morgan fingerprint density at radius 3 is 2.44 bits per heavy atom. The summed E-state index contributed by atoms with van der Waals surface area (Å²) in [7, 11) is 4.81. The fourth-order valence-corrected chi connectivity index (χ4v) is 2.41. The van der Waals surface area contributed by atoms with Crippen molar-refractivity contribution in [2.75, 3.05) is 26.6 Å². The molecule has 2 aromatic carbocycles. The number of methoxy groups -OCH3 is 3. The molecule has 0 fully saturated rings. The first-order valence-electron chi connectivity index (χ1n) is 7.67. The summed E-state index contributed by atoms with van der Waals surface area (Å²) in [6, 6.07) is 13.5. The number of ether oxygens (including phenoxy) is 3. The molecule has 130 valence electrons. The highest BCUT2D eigenvalue weighted by molar-refractivity contribution is 5.61. The first-order valence-corrected chi connectivity index (χ1v) is 7.67. The summed E-state index contributed by atoms with van der Waals surface area (Å²) in [5.41, 5.74) is 1.77. The fourth-order valence-electron chi connectivity index (χ4n) is 2.41. The largest absolute Gasteiger partial charge is 0.496 e. The van der Waals surface area contributed by atoms with E-state index in [1.54, 1.807) is 33.5 Å². The average Bonchev–Trinajstić information content (AvgIpc) is 3.15. The normalized spacial score (nSPS) is 10.4. The van der Waals surface area contributed by atoms with E-state index in [2.05, 4.69) is 15.5 Å². The highest BCUT2D eigenvalue weighted by Gasteiger charge is 2.12. The van der Waals surface area contributed by atoms with Crippen LogP contribution in [0.1, 0.15) is 5.56 Å². The van der Waals surface area contributed by atoms with Crippen LogP contribution in [-0.4, -0.2) is 31.5 Å². The van der Waals surface area contributed by atoms with Gasteiger partial charge in [0.15, 0.2) is 11.5 Å². The maximum absolute atomic E-state index is 5.32. The van der Waals surface area contributed by atoms with Crippen molar-refractivity contribution in [1.82, 2.24) is 10.1 Å². The predicted octanol–water partition coefficient (Wildman–Crippen LogP) is 3.37. The first-order chi connectivity index (χ1) is 12.2. The van der Waals surface area contributed by atoms with Crippen LogP contribution in [-0.2, 0) is 6.54 Å². The quantitative estimate of drug-likeness (QED) is 0.706. The van der Waals surface area contributed by atoms with Crippen LogP contribution in [0.4, 0.5) is 6.01 Å². The monoisotopic (exact) mass is 341 g/mol. The number of nitrogens with zero attached hydrogens (tertiary/aromatic N) is 2. The summed E-state index contributed by atoms with van der Waals surface area (Å²) in [6.45, 7) is 0.511. The van der Waals surface area contributed by atoms with Crippen molar-refractivity contribution in [3.8, 4) is 28.6 Å². The lowest BCUT2D eigenvalue weighted by Gasteiger charge is -2.08. The lowest BCUT2D eigenvalue weighted by atomic mass is 10.2. The molecule has 7 heteroatoms. The van der Waals surface area contributed by atoms with E-state index >= 15 is 0 Å². The summed E-state index contributed by atoms with van der Waals surface area (Å²) in [4.78, 5) is 4.36. The third-order valence-electron chi connectivity index (χ3n) is 3.69. The lowest BCUT2D eigenvalue weighted by molar-refractivity contribution is 0.355. The zero-order valence-electron chi connectivity index (χ0n) is 14.3. The van der Waals surface area contributed by atoms with E-state index in [4.69, 9.17) is 18.7 Å². The minimum Gasteiger partial charge on any atom is -0.496 e. The first kappa shape index (κ1) is 16.6. The van der Waals surface area contributed by atoms with Gasteiger partial charge < -0.3 is 24.1 Å². The van der Waals surface area contributed by atoms with E-state index in [0.29, 0.717) is 29.9 Å². The highest BCUT2D eigenvalue weighted by atomic mass is 16.5. The Labute approximate surface area is 145 Å². The molecule has 0 spiro atoms. The Hall–Kier alpha value is -3.22. The van der Waals surface area contributed by atoms with Crippen LogP contribution in [0.2, 0.25) is 0 Å². The van der Waals surface area contributed by atoms with Gasteiger partial charge in [0.2, 0.25) is 5.82 Å². The molecular formula is C18H19N3O4. The number of nitrogens with one attached hydrogen (secondary N) is 1. The van der Waals surface area contributed by atoms with Crippen LogP contribution in [0, 0.1) is 0 Å². The summed E-state index contributed by atoms with van der Waals surface area (Å²) >= 11 is 0. The van der Waals surface area contributed by atoms with E-state index in [-0.39, 0.29) is 0 Å². The second-order valence-electron chi connectivity index (χ2n) is 5.16. The van der Waals surface area contributed by atoms with Crippen LogP contribution >= 0.6 is 0 Å². The topological polar surface area (TPSA) is 78.6 Å². The van der Waals surface area contributed by atoms with Gasteiger partial charge in [-0.15, -0.1) is 0 Å². The molecule has 0 aliphatic heterocycles. The third-order valence-corrected chi connectivity index (χ3v) is 3.69. The maximum atomic E-state index is 5.32. The summed E-state index contributed by atoms with van der Waals surface area (Å²) in [5.74, 6) is 2.51. The van der Waals surface area contributed by atoms with Gasteiger partial charge in [0.25, 0.3) is 0 Å². The molecule has 0 bridgehead atoms. The molecule has 1 aromatic heterocycles. The van der Waals surface area contributed by atoms with Crippen LogP contribution in [0.15, 0.2) is 47.0 Å². The number of hydrogen-bond acceptors (Lipinski definition) is 7. The van der Waals surface area contributed by atoms with Gasteiger partial charge in [0, 0.05) is 17.7 Å². The van der Waals surface area contributed by atoms with Crippen LogP contribution in [0.3, 0.4) is 0 Å². The van der Waals surface area contributed by atoms with Gasteiger partial charge in [-0.25, -0.2) is 0 Å². The Kier molecular flexibility index (Phi) is 5.03. The van der Waals surface area contributed by atoms with Crippen molar-refractivity contribution in [3.05, 3.63) is 48.0 Å². The molecule has 3 rings (SSSR count). The standard InChI is InChI=1S/C18H19N3O4/c1-22-14-7-5-4-6-13(14)11-19-18-20-17(21-25-18)12-8-9-15(23-2)16(10-12)24-3/h4-10H,11H2,1-3H3,(H,19,20,21). The zero-order chi connectivity index (χ0) is 17.6. The summed E-state index contributed by atoms with van der Waals surface area (Å²) < 4.78 is 21.1. The second kappa shape index (κ2) is 7.57. The minimum absolute atomic E-state index is 0.329. The molecular weight excluding hydrogens is 322 g/mol. The molecule has 0 unspecified atom stereocenters. The van der Waals surface area contributed by atoms with Crippen molar-refractivity contribution in [1.29, 1.82) is 0 Å². The van der Waals surface area contributed by atoms with Crippen LogP contribution < -0.4 is 19.5 Å². The van der Waals surface area contributed by atoms with Gasteiger partial charge in [-0.1, -0.05) is 23.4 Å². The summed E-state index contributed by atoms with van der Waals surface area (Å²) in [5, 5.41) is 7.10. The predicted molar refractivity (Wildman–Crippen MR) is 93.2 cm³/mol. The molecule has 0 radical (unpaired) electrons. The van der Waals surface area contributed by atoms with Gasteiger partial charge in [-0.2, -0.15) is 4.98 Å². The Morgan fingerprint density at radius 1 is 0.920 bits per heavy atom. The number of aromatic nitrogens is 2. The molecule has 0 atom stereocenters. The van der Waals surface area contributed by atoms with Crippen molar-refractivity contribution < 1.29 is 18.7 Å². The highest BCUT2D eigenvalue weighted by Crippen LogP contribution is 2.31. The third kappa shape index (κ3) is 3.65. The van der Waals surface area contributed by atoms with Gasteiger partial charge in [0.05, 0.1) is 21.3 Å². The van der Waals surface area contributed by atoms with Crippen LogP contribution in [0.5, 0.6) is 17.2 Å². The van der Waals surface area contributed by atoms with Gasteiger partial charge in [-0.05, 0) is 24.3 Å².